The highest BCUT2D eigenvalue weighted by molar-refractivity contribution is 7.26. The number of benzene rings is 1. The highest BCUT2D eigenvalue weighted by Gasteiger charge is 2.34. The molecule has 1 aliphatic rings. The largest absolute Gasteiger partial charge is 0.449 e. The van der Waals surface area contributed by atoms with Gasteiger partial charge in [-0.05, 0) is 22.5 Å². The van der Waals surface area contributed by atoms with Gasteiger partial charge in [0.1, 0.15) is 5.75 Å². The summed E-state index contributed by atoms with van der Waals surface area (Å²) in [6.07, 6.45) is 0. The molecule has 1 atom stereocenters. The molecule has 1 heterocycles. The molecular weight excluding hydrogens is 370 g/mol. The zero-order valence-corrected chi connectivity index (χ0v) is 18.6. The summed E-state index contributed by atoms with van der Waals surface area (Å²) in [5, 5.41) is 9.64. The predicted molar refractivity (Wildman–Crippen MR) is 108 cm³/mol. The molecule has 2 rings (SSSR count). The quantitative estimate of drug-likeness (QED) is 0.551. The van der Waals surface area contributed by atoms with E-state index in [4.69, 9.17) is 18.1 Å². The molecular formula is C19H32O5P2. The van der Waals surface area contributed by atoms with Crippen LogP contribution >= 0.6 is 18.1 Å². The molecule has 0 bridgehead atoms. The van der Waals surface area contributed by atoms with Crippen LogP contribution in [0.2, 0.25) is 0 Å². The molecule has 0 radical (unpaired) electrons. The molecule has 26 heavy (non-hydrogen) atoms. The van der Waals surface area contributed by atoms with Gasteiger partial charge in [0.15, 0.2) is 9.03 Å². The van der Waals surface area contributed by atoms with Crippen molar-refractivity contribution in [3.63, 3.8) is 0 Å². The van der Waals surface area contributed by atoms with Gasteiger partial charge in [-0.1, -0.05) is 53.7 Å². The van der Waals surface area contributed by atoms with Crippen molar-refractivity contribution in [3.8, 4) is 5.75 Å². The van der Waals surface area contributed by atoms with Gasteiger partial charge in [-0.3, -0.25) is 0 Å². The Balaban J connectivity index is 2.02. The van der Waals surface area contributed by atoms with Gasteiger partial charge >= 0.3 is 0 Å². The average Bonchev–Trinajstić information content (AvgIpc) is 2.58. The topological polar surface area (TPSA) is 57.2 Å². The first-order valence-electron chi connectivity index (χ1n) is 8.86. The van der Waals surface area contributed by atoms with E-state index in [9.17, 15) is 5.11 Å². The first-order chi connectivity index (χ1) is 12.1. The maximum absolute atomic E-state index is 9.64. The summed E-state index contributed by atoms with van der Waals surface area (Å²) in [7, 11) is -0.0990. The average molecular weight is 402 g/mol. The highest BCUT2D eigenvalue weighted by Crippen LogP contribution is 2.39. The van der Waals surface area contributed by atoms with E-state index in [1.165, 1.54) is 11.1 Å². The molecule has 1 saturated heterocycles. The zero-order chi connectivity index (χ0) is 19.4. The first-order valence-corrected chi connectivity index (χ1v) is 10.5. The van der Waals surface area contributed by atoms with Gasteiger partial charge in [-0.2, -0.15) is 0 Å². The summed E-state index contributed by atoms with van der Waals surface area (Å²) in [4.78, 5) is 0. The SMILES string of the molecule is CC(C)(C)c1ccc(OPOCC2(CO)COPOC2)c(C(C)(C)C)c1. The van der Waals surface area contributed by atoms with E-state index in [0.717, 1.165) is 5.75 Å². The van der Waals surface area contributed by atoms with Crippen molar-refractivity contribution < 1.29 is 23.2 Å². The van der Waals surface area contributed by atoms with Crippen molar-refractivity contribution in [3.05, 3.63) is 29.3 Å². The molecule has 5 nitrogen and oxygen atoms in total. The Bertz CT molecular complexity index is 587. The second kappa shape index (κ2) is 8.82. The van der Waals surface area contributed by atoms with Crippen LogP contribution in [0.25, 0.3) is 0 Å². The molecule has 1 fully saturated rings. The third-order valence-corrected chi connectivity index (χ3v) is 5.54. The van der Waals surface area contributed by atoms with E-state index in [0.29, 0.717) is 19.8 Å². The van der Waals surface area contributed by atoms with Crippen molar-refractivity contribution in [2.45, 2.75) is 52.4 Å². The fraction of sp³-hybridized carbons (Fsp3) is 0.684. The minimum absolute atomic E-state index is 0.0284. The van der Waals surface area contributed by atoms with Crippen LogP contribution in [0.4, 0.5) is 0 Å². The fourth-order valence-electron chi connectivity index (χ4n) is 2.60. The number of aliphatic hydroxyl groups excluding tert-OH is 1. The summed E-state index contributed by atoms with van der Waals surface area (Å²) in [5.74, 6) is 0.847. The maximum Gasteiger partial charge on any atom is 0.215 e. The predicted octanol–water partition coefficient (Wildman–Crippen LogP) is 4.72. The third kappa shape index (κ3) is 5.86. The van der Waals surface area contributed by atoms with E-state index < -0.39 is 5.41 Å². The van der Waals surface area contributed by atoms with Crippen LogP contribution < -0.4 is 4.52 Å². The molecule has 0 saturated carbocycles. The van der Waals surface area contributed by atoms with Gasteiger partial charge in [-0.15, -0.1) is 0 Å². The lowest BCUT2D eigenvalue weighted by molar-refractivity contribution is -0.0304. The van der Waals surface area contributed by atoms with E-state index in [1.54, 1.807) is 0 Å². The summed E-state index contributed by atoms with van der Waals surface area (Å²) < 4.78 is 22.3. The minimum Gasteiger partial charge on any atom is -0.449 e. The lowest BCUT2D eigenvalue weighted by atomic mass is 9.80. The lowest BCUT2D eigenvalue weighted by Crippen LogP contribution is -2.40. The van der Waals surface area contributed by atoms with Gasteiger partial charge in [0.2, 0.25) is 9.03 Å². The monoisotopic (exact) mass is 402 g/mol. The van der Waals surface area contributed by atoms with Crippen LogP contribution in [0.15, 0.2) is 18.2 Å². The second-order valence-electron chi connectivity index (χ2n) is 9.00. The normalized spacial score (nSPS) is 23.0. The van der Waals surface area contributed by atoms with Gasteiger partial charge in [0.25, 0.3) is 0 Å². The molecule has 1 aromatic rings. The van der Waals surface area contributed by atoms with Crippen LogP contribution in [0.5, 0.6) is 5.75 Å². The van der Waals surface area contributed by atoms with Gasteiger partial charge in [0, 0.05) is 5.56 Å². The molecule has 1 unspecified atom stereocenters. The molecule has 0 aliphatic carbocycles. The van der Waals surface area contributed by atoms with E-state index in [2.05, 4.69) is 53.7 Å². The lowest BCUT2D eigenvalue weighted by Gasteiger charge is -2.33. The Labute approximate surface area is 161 Å². The fourth-order valence-corrected chi connectivity index (χ4v) is 4.10. The van der Waals surface area contributed by atoms with E-state index in [1.807, 2.05) is 6.07 Å². The van der Waals surface area contributed by atoms with Crippen LogP contribution in [-0.4, -0.2) is 31.5 Å². The Morgan fingerprint density at radius 3 is 2.31 bits per heavy atom. The molecule has 1 aliphatic heterocycles. The van der Waals surface area contributed by atoms with Crippen LogP contribution in [-0.2, 0) is 24.4 Å². The van der Waals surface area contributed by atoms with Gasteiger partial charge in [0.05, 0.1) is 31.8 Å². The number of hydrogen-bond acceptors (Lipinski definition) is 5. The van der Waals surface area contributed by atoms with Crippen molar-refractivity contribution in [2.24, 2.45) is 5.41 Å². The van der Waals surface area contributed by atoms with Crippen LogP contribution in [0.3, 0.4) is 0 Å². The Hall–Kier alpha value is -0.280. The maximum atomic E-state index is 9.64. The summed E-state index contributed by atoms with van der Waals surface area (Å²) in [6, 6.07) is 6.39. The molecule has 0 spiro atoms. The van der Waals surface area contributed by atoms with Crippen molar-refractivity contribution in [2.75, 3.05) is 26.4 Å². The van der Waals surface area contributed by atoms with Crippen molar-refractivity contribution >= 4 is 18.1 Å². The van der Waals surface area contributed by atoms with Crippen LogP contribution in [0, 0.1) is 5.41 Å². The molecule has 0 amide bonds. The molecule has 148 valence electrons. The molecule has 7 heteroatoms. The van der Waals surface area contributed by atoms with E-state index in [-0.39, 0.29) is 35.5 Å². The minimum atomic E-state index is -0.495. The third-order valence-electron chi connectivity index (χ3n) is 4.45. The zero-order valence-electron chi connectivity index (χ0n) is 16.6. The van der Waals surface area contributed by atoms with Gasteiger partial charge in [-0.25, -0.2) is 0 Å². The van der Waals surface area contributed by atoms with Crippen molar-refractivity contribution in [1.82, 2.24) is 0 Å². The summed E-state index contributed by atoms with van der Waals surface area (Å²) >= 11 is 0. The number of hydrogen-bond donors (Lipinski definition) is 1. The Morgan fingerprint density at radius 1 is 1.12 bits per heavy atom. The van der Waals surface area contributed by atoms with Crippen molar-refractivity contribution in [1.29, 1.82) is 0 Å². The van der Waals surface area contributed by atoms with E-state index >= 15 is 0 Å². The smallest absolute Gasteiger partial charge is 0.215 e. The molecule has 1 aromatic carbocycles. The Morgan fingerprint density at radius 2 is 1.77 bits per heavy atom. The summed E-state index contributed by atoms with van der Waals surface area (Å²) in [6.45, 7) is 14.4. The molecule has 1 N–H and O–H groups in total. The molecule has 0 aromatic heterocycles. The Kier molecular flexibility index (Phi) is 7.46. The highest BCUT2D eigenvalue weighted by atomic mass is 31.1. The standard InChI is InChI=1S/C19H32O5P2/c1-17(2,3)14-7-8-16(15(9-14)18(4,5)6)24-26-23-13-19(10-20)11-21-25-22-12-19/h7-9,20,25-26H,10-13H2,1-6H3. The number of aliphatic hydroxyl groups is 1. The number of rotatable bonds is 6. The van der Waals surface area contributed by atoms with Crippen LogP contribution in [0.1, 0.15) is 52.7 Å². The van der Waals surface area contributed by atoms with Gasteiger partial charge < -0.3 is 23.2 Å². The first kappa shape index (κ1) is 22.0. The summed E-state index contributed by atoms with van der Waals surface area (Å²) in [5.41, 5.74) is 2.02. The second-order valence-corrected chi connectivity index (χ2v) is 10.4.